The zero-order valence-electron chi connectivity index (χ0n) is 25.7. The SMILES string of the molecule is Cc1cc(F)cc(C)c1Oc1ccc(C(C)(C)O)cc1-c1cn(C)c(=O)cc1OC1(NC(=O)C23CC(C2)C3)CCCCC1. The number of hydrogen-bond acceptors (Lipinski definition) is 5. The van der Waals surface area contributed by atoms with Crippen LogP contribution in [0.4, 0.5) is 4.39 Å². The number of carbonyl (C=O) groups is 1. The smallest absolute Gasteiger partial charge is 0.254 e. The van der Waals surface area contributed by atoms with Gasteiger partial charge < -0.3 is 24.5 Å². The highest BCUT2D eigenvalue weighted by Crippen LogP contribution is 2.64. The highest BCUT2D eigenvalue weighted by Gasteiger charge is 2.62. The molecule has 4 fully saturated rings. The third kappa shape index (κ3) is 5.46. The van der Waals surface area contributed by atoms with Crippen LogP contribution in [0.15, 0.2) is 47.4 Å². The molecular formula is C35H41FN2O5. The second kappa shape index (κ2) is 10.5. The van der Waals surface area contributed by atoms with Gasteiger partial charge in [-0.3, -0.25) is 9.59 Å². The number of ether oxygens (including phenoxy) is 2. The maximum atomic E-state index is 14.1. The Hall–Kier alpha value is -3.65. The first-order chi connectivity index (χ1) is 20.3. The molecule has 8 heteroatoms. The molecule has 2 bridgehead atoms. The maximum Gasteiger partial charge on any atom is 0.254 e. The summed E-state index contributed by atoms with van der Waals surface area (Å²) in [5, 5.41) is 14.2. The van der Waals surface area contributed by atoms with Gasteiger partial charge >= 0.3 is 0 Å². The van der Waals surface area contributed by atoms with Crippen LogP contribution >= 0.6 is 0 Å². The normalized spacial score (nSPS) is 22.3. The Kier molecular flexibility index (Phi) is 7.19. The molecular weight excluding hydrogens is 547 g/mol. The van der Waals surface area contributed by atoms with Crippen molar-refractivity contribution in [2.45, 2.75) is 90.4 Å². The standard InChI is InChI=1S/C35H41FN2O5/c1-21-13-25(36)14-22(2)31(21)42-28-10-9-24(33(3,4)41)15-26(28)27-20-38(5)30(39)16-29(27)43-35(11-7-6-8-12-35)37-32(40)34-17-23(18-34)19-34/h9-10,13-16,20,23,41H,6-8,11-12,17-19H2,1-5H3,(H,37,40). The van der Waals surface area contributed by atoms with Crippen molar-refractivity contribution in [2.24, 2.45) is 18.4 Å². The lowest BCUT2D eigenvalue weighted by molar-refractivity contribution is -0.172. The Morgan fingerprint density at radius 3 is 2.23 bits per heavy atom. The molecule has 0 radical (unpaired) electrons. The molecule has 0 atom stereocenters. The number of aromatic nitrogens is 1. The molecule has 3 aromatic rings. The number of nitrogens with one attached hydrogen (secondary N) is 1. The molecule has 228 valence electrons. The Morgan fingerprint density at radius 2 is 1.65 bits per heavy atom. The lowest BCUT2D eigenvalue weighted by atomic mass is 9.44. The van der Waals surface area contributed by atoms with E-state index in [0.29, 0.717) is 63.8 Å². The van der Waals surface area contributed by atoms with Crippen molar-refractivity contribution in [3.05, 3.63) is 75.5 Å². The molecule has 4 saturated carbocycles. The van der Waals surface area contributed by atoms with E-state index in [1.54, 1.807) is 53.1 Å². The van der Waals surface area contributed by atoms with Crippen LogP contribution in [0.3, 0.4) is 0 Å². The number of pyridine rings is 1. The number of carbonyl (C=O) groups excluding carboxylic acids is 1. The summed E-state index contributed by atoms with van der Waals surface area (Å²) in [6, 6.07) is 9.73. The minimum absolute atomic E-state index is 0.0533. The fraction of sp³-hybridized carbons (Fsp3) is 0.486. The molecule has 0 saturated heterocycles. The molecule has 2 aromatic carbocycles. The van der Waals surface area contributed by atoms with Gasteiger partial charge in [0.25, 0.3) is 5.56 Å². The first-order valence-corrected chi connectivity index (χ1v) is 15.3. The predicted octanol–water partition coefficient (Wildman–Crippen LogP) is 6.78. The van der Waals surface area contributed by atoms with E-state index in [2.05, 4.69) is 5.32 Å². The molecule has 4 aliphatic carbocycles. The van der Waals surface area contributed by atoms with E-state index >= 15 is 0 Å². The lowest BCUT2D eigenvalue weighted by Crippen LogP contribution is -2.65. The molecule has 1 amide bonds. The summed E-state index contributed by atoms with van der Waals surface area (Å²) in [7, 11) is 1.67. The van der Waals surface area contributed by atoms with Crippen LogP contribution in [0.1, 0.15) is 81.9 Å². The summed E-state index contributed by atoms with van der Waals surface area (Å²) >= 11 is 0. The Bertz CT molecular complexity index is 1610. The van der Waals surface area contributed by atoms with Crippen molar-refractivity contribution < 1.29 is 23.8 Å². The number of rotatable bonds is 8. The van der Waals surface area contributed by atoms with E-state index in [1.807, 2.05) is 6.07 Å². The van der Waals surface area contributed by atoms with E-state index in [4.69, 9.17) is 9.47 Å². The molecule has 1 aromatic heterocycles. The van der Waals surface area contributed by atoms with Crippen LogP contribution in [-0.4, -0.2) is 21.3 Å². The van der Waals surface area contributed by atoms with Crippen molar-refractivity contribution in [1.82, 2.24) is 9.88 Å². The van der Waals surface area contributed by atoms with Gasteiger partial charge in [-0.2, -0.15) is 0 Å². The van der Waals surface area contributed by atoms with Crippen LogP contribution in [-0.2, 0) is 17.4 Å². The minimum atomic E-state index is -1.15. The number of aryl methyl sites for hydroxylation is 3. The molecule has 0 unspecified atom stereocenters. The van der Waals surface area contributed by atoms with Crippen LogP contribution in [0.5, 0.6) is 17.2 Å². The number of aliphatic hydroxyl groups is 1. The highest BCUT2D eigenvalue weighted by atomic mass is 19.1. The van der Waals surface area contributed by atoms with Crippen molar-refractivity contribution in [2.75, 3.05) is 0 Å². The topological polar surface area (TPSA) is 89.8 Å². The predicted molar refractivity (Wildman–Crippen MR) is 163 cm³/mol. The zero-order chi connectivity index (χ0) is 30.7. The van der Waals surface area contributed by atoms with Gasteiger partial charge in [0.1, 0.15) is 23.1 Å². The molecule has 2 N–H and O–H groups in total. The Balaban J connectivity index is 1.46. The van der Waals surface area contributed by atoms with E-state index in [9.17, 15) is 19.1 Å². The average molecular weight is 589 g/mol. The van der Waals surface area contributed by atoms with Crippen LogP contribution in [0, 0.1) is 31.0 Å². The van der Waals surface area contributed by atoms with E-state index in [1.165, 1.54) is 22.8 Å². The molecule has 4 aliphatic rings. The average Bonchev–Trinajstić information content (AvgIpc) is 2.86. The summed E-state index contributed by atoms with van der Waals surface area (Å²) in [4.78, 5) is 26.5. The second-order valence-corrected chi connectivity index (χ2v) is 13.6. The van der Waals surface area contributed by atoms with Crippen molar-refractivity contribution in [3.8, 4) is 28.4 Å². The lowest BCUT2D eigenvalue weighted by Gasteiger charge is -2.60. The molecule has 7 nitrogen and oxygen atoms in total. The summed E-state index contributed by atoms with van der Waals surface area (Å²) in [6.45, 7) is 6.99. The van der Waals surface area contributed by atoms with Crippen LogP contribution < -0.4 is 20.3 Å². The van der Waals surface area contributed by atoms with Gasteiger partial charge in [-0.05, 0) is 107 Å². The number of hydrogen-bond donors (Lipinski definition) is 2. The fourth-order valence-electron chi connectivity index (χ4n) is 6.96. The highest BCUT2D eigenvalue weighted by molar-refractivity contribution is 5.86. The largest absolute Gasteiger partial charge is 0.467 e. The summed E-state index contributed by atoms with van der Waals surface area (Å²) in [6.07, 6.45) is 8.69. The molecule has 0 spiro atoms. The van der Waals surface area contributed by atoms with Gasteiger partial charge in [-0.25, -0.2) is 4.39 Å². The van der Waals surface area contributed by atoms with E-state index < -0.39 is 11.3 Å². The molecule has 1 heterocycles. The third-order valence-corrected chi connectivity index (χ3v) is 9.63. The van der Waals surface area contributed by atoms with E-state index in [0.717, 1.165) is 38.5 Å². The van der Waals surface area contributed by atoms with Gasteiger partial charge in [0, 0.05) is 43.3 Å². The van der Waals surface area contributed by atoms with Crippen molar-refractivity contribution in [1.29, 1.82) is 0 Å². The van der Waals surface area contributed by atoms with Gasteiger partial charge in [0.15, 0.2) is 5.72 Å². The zero-order valence-corrected chi connectivity index (χ0v) is 25.7. The van der Waals surface area contributed by atoms with Crippen LogP contribution in [0.25, 0.3) is 11.1 Å². The monoisotopic (exact) mass is 588 g/mol. The molecule has 0 aliphatic heterocycles. The number of halogens is 1. The van der Waals surface area contributed by atoms with Crippen molar-refractivity contribution >= 4 is 5.91 Å². The first kappa shape index (κ1) is 29.4. The Labute approximate surface area is 252 Å². The van der Waals surface area contributed by atoms with Crippen LogP contribution in [0.2, 0.25) is 0 Å². The Morgan fingerprint density at radius 1 is 1.00 bits per heavy atom. The molecule has 7 rings (SSSR count). The summed E-state index contributed by atoms with van der Waals surface area (Å²) < 4.78 is 28.8. The maximum absolute atomic E-state index is 14.1. The quantitative estimate of drug-likeness (QED) is 0.283. The van der Waals surface area contributed by atoms with E-state index in [-0.39, 0.29) is 22.7 Å². The van der Waals surface area contributed by atoms with Crippen molar-refractivity contribution in [3.63, 3.8) is 0 Å². The molecule has 43 heavy (non-hydrogen) atoms. The third-order valence-electron chi connectivity index (χ3n) is 9.63. The van der Waals surface area contributed by atoms with Gasteiger partial charge in [0.05, 0.1) is 11.0 Å². The van der Waals surface area contributed by atoms with Gasteiger partial charge in [-0.15, -0.1) is 0 Å². The summed E-state index contributed by atoms with van der Waals surface area (Å²) in [5.41, 5.74) is 0.529. The van der Waals surface area contributed by atoms with Gasteiger partial charge in [-0.1, -0.05) is 12.5 Å². The summed E-state index contributed by atoms with van der Waals surface area (Å²) in [5.74, 6) is 1.72. The number of nitrogens with zero attached hydrogens (tertiary/aromatic N) is 1. The fourth-order valence-corrected chi connectivity index (χ4v) is 6.96. The van der Waals surface area contributed by atoms with Gasteiger partial charge in [0.2, 0.25) is 5.91 Å². The number of benzene rings is 2. The second-order valence-electron chi connectivity index (χ2n) is 13.6. The number of amides is 1. The first-order valence-electron chi connectivity index (χ1n) is 15.3. The minimum Gasteiger partial charge on any atom is -0.467 e.